The highest BCUT2D eigenvalue weighted by atomic mass is 16.2. The van der Waals surface area contributed by atoms with Crippen LogP contribution in [0.15, 0.2) is 47.3 Å². The summed E-state index contributed by atoms with van der Waals surface area (Å²) in [6.07, 6.45) is 1.72. The molecule has 30 heavy (non-hydrogen) atoms. The lowest BCUT2D eigenvalue weighted by Crippen LogP contribution is -2.57. The summed E-state index contributed by atoms with van der Waals surface area (Å²) in [7, 11) is 0. The minimum atomic E-state index is -0.304. The van der Waals surface area contributed by atoms with Crippen molar-refractivity contribution in [1.82, 2.24) is 24.9 Å². The zero-order chi connectivity index (χ0) is 21.1. The molecule has 158 valence electrons. The third-order valence-corrected chi connectivity index (χ3v) is 5.87. The Morgan fingerprint density at radius 2 is 1.93 bits per heavy atom. The van der Waals surface area contributed by atoms with Gasteiger partial charge in [0.2, 0.25) is 0 Å². The van der Waals surface area contributed by atoms with Crippen LogP contribution in [0.1, 0.15) is 40.6 Å². The maximum absolute atomic E-state index is 13.0. The van der Waals surface area contributed by atoms with Crippen LogP contribution in [0.2, 0.25) is 0 Å². The minimum absolute atomic E-state index is 0.0479. The molecule has 2 saturated heterocycles. The number of fused-ring (bicyclic) bond motifs is 2. The number of rotatable bonds is 6. The smallest absolute Gasteiger partial charge is 0.271 e. The Morgan fingerprint density at radius 1 is 1.13 bits per heavy atom. The van der Waals surface area contributed by atoms with E-state index < -0.39 is 0 Å². The van der Waals surface area contributed by atoms with Crippen molar-refractivity contribution >= 4 is 11.8 Å². The molecule has 2 fully saturated rings. The monoisotopic (exact) mass is 409 g/mol. The lowest BCUT2D eigenvalue weighted by atomic mass is 10.1. The number of hydrogen-bond acceptors (Lipinski definition) is 5. The summed E-state index contributed by atoms with van der Waals surface area (Å²) in [6.45, 7) is 5.20. The Hall–Kier alpha value is -3.00. The molecule has 0 aliphatic carbocycles. The van der Waals surface area contributed by atoms with Crippen molar-refractivity contribution in [1.29, 1.82) is 0 Å². The summed E-state index contributed by atoms with van der Waals surface area (Å²) < 4.78 is 1.32. The van der Waals surface area contributed by atoms with Crippen molar-refractivity contribution in [3.05, 3.63) is 64.1 Å². The number of carbonyl (C=O) groups excluding carboxylic acids is 2. The summed E-state index contributed by atoms with van der Waals surface area (Å²) >= 11 is 0. The number of aromatic nitrogens is 2. The molecule has 3 atom stereocenters. The van der Waals surface area contributed by atoms with Crippen LogP contribution in [0.4, 0.5) is 0 Å². The Balaban J connectivity index is 1.42. The summed E-state index contributed by atoms with van der Waals surface area (Å²) in [4.78, 5) is 41.7. The van der Waals surface area contributed by atoms with E-state index in [0.717, 1.165) is 25.9 Å². The Kier molecular flexibility index (Phi) is 5.94. The summed E-state index contributed by atoms with van der Waals surface area (Å²) in [5.74, 6) is -0.256. The second-order valence-corrected chi connectivity index (χ2v) is 7.90. The van der Waals surface area contributed by atoms with Gasteiger partial charge in [-0.25, -0.2) is 4.68 Å². The van der Waals surface area contributed by atoms with Crippen LogP contribution in [-0.2, 0) is 6.54 Å². The van der Waals surface area contributed by atoms with Gasteiger partial charge in [-0.1, -0.05) is 25.1 Å². The molecule has 0 spiro atoms. The molecule has 2 bridgehead atoms. The van der Waals surface area contributed by atoms with Gasteiger partial charge in [0, 0.05) is 56.4 Å². The Labute approximate surface area is 175 Å². The van der Waals surface area contributed by atoms with E-state index >= 15 is 0 Å². The Bertz CT molecular complexity index is 974. The van der Waals surface area contributed by atoms with E-state index in [1.807, 2.05) is 42.2 Å². The highest BCUT2D eigenvalue weighted by Gasteiger charge is 2.40. The van der Waals surface area contributed by atoms with E-state index in [9.17, 15) is 14.4 Å². The van der Waals surface area contributed by atoms with E-state index in [4.69, 9.17) is 0 Å². The minimum Gasteiger partial charge on any atom is -0.349 e. The zero-order valence-electron chi connectivity index (χ0n) is 17.2. The first-order chi connectivity index (χ1) is 14.6. The zero-order valence-corrected chi connectivity index (χ0v) is 17.2. The summed E-state index contributed by atoms with van der Waals surface area (Å²) in [5.41, 5.74) is 0.720. The molecule has 4 rings (SSSR count). The summed E-state index contributed by atoms with van der Waals surface area (Å²) in [6, 6.07) is 12.5. The number of aryl methyl sites for hydroxylation is 1. The van der Waals surface area contributed by atoms with Gasteiger partial charge in [-0.3, -0.25) is 19.3 Å². The lowest BCUT2D eigenvalue weighted by molar-refractivity contribution is 0.0493. The molecular weight excluding hydrogens is 382 g/mol. The molecule has 8 heteroatoms. The first-order valence-corrected chi connectivity index (χ1v) is 10.5. The maximum atomic E-state index is 13.0. The normalized spacial score (nSPS) is 22.7. The molecule has 2 aromatic rings. The molecule has 8 nitrogen and oxygen atoms in total. The molecule has 0 saturated carbocycles. The molecule has 1 N–H and O–H groups in total. The molecule has 2 aliphatic heterocycles. The average Bonchev–Trinajstić information content (AvgIpc) is 3.19. The SMILES string of the molecule is CCCn1nc(C(=O)NC[C@@H]2CN(C(=O)c3ccccc3)[C@H]3CCN2C3)ccc1=O. The van der Waals surface area contributed by atoms with Crippen LogP contribution < -0.4 is 10.9 Å². The van der Waals surface area contributed by atoms with Gasteiger partial charge in [-0.15, -0.1) is 0 Å². The number of benzene rings is 1. The van der Waals surface area contributed by atoms with Crippen LogP contribution in [0.5, 0.6) is 0 Å². The van der Waals surface area contributed by atoms with Crippen molar-refractivity contribution in [3.63, 3.8) is 0 Å². The number of carbonyl (C=O) groups is 2. The van der Waals surface area contributed by atoms with E-state index in [1.54, 1.807) is 0 Å². The van der Waals surface area contributed by atoms with Crippen molar-refractivity contribution < 1.29 is 9.59 Å². The predicted octanol–water partition coefficient (Wildman–Crippen LogP) is 0.982. The topological polar surface area (TPSA) is 87.5 Å². The number of nitrogens with one attached hydrogen (secondary N) is 1. The number of amides is 2. The average molecular weight is 409 g/mol. The highest BCUT2D eigenvalue weighted by molar-refractivity contribution is 5.94. The molecule has 2 amide bonds. The van der Waals surface area contributed by atoms with Crippen LogP contribution in [0.25, 0.3) is 0 Å². The van der Waals surface area contributed by atoms with E-state index in [1.165, 1.54) is 16.8 Å². The van der Waals surface area contributed by atoms with Crippen LogP contribution >= 0.6 is 0 Å². The Morgan fingerprint density at radius 3 is 2.70 bits per heavy atom. The third-order valence-electron chi connectivity index (χ3n) is 5.87. The molecule has 0 radical (unpaired) electrons. The van der Waals surface area contributed by atoms with Gasteiger partial charge in [-0.2, -0.15) is 5.10 Å². The molecule has 3 heterocycles. The third kappa shape index (κ3) is 4.14. The van der Waals surface area contributed by atoms with Gasteiger partial charge in [0.15, 0.2) is 0 Å². The van der Waals surface area contributed by atoms with Crippen LogP contribution in [0, 0.1) is 0 Å². The van der Waals surface area contributed by atoms with Gasteiger partial charge >= 0.3 is 0 Å². The van der Waals surface area contributed by atoms with Crippen molar-refractivity contribution in [2.24, 2.45) is 0 Å². The summed E-state index contributed by atoms with van der Waals surface area (Å²) in [5, 5.41) is 7.11. The van der Waals surface area contributed by atoms with Crippen molar-refractivity contribution in [2.75, 3.05) is 26.2 Å². The fourth-order valence-corrected chi connectivity index (χ4v) is 4.28. The molecule has 1 aromatic carbocycles. The second-order valence-electron chi connectivity index (χ2n) is 7.90. The van der Waals surface area contributed by atoms with Gasteiger partial charge < -0.3 is 10.2 Å². The molecule has 1 unspecified atom stereocenters. The van der Waals surface area contributed by atoms with Gasteiger partial charge in [0.1, 0.15) is 5.69 Å². The van der Waals surface area contributed by atoms with E-state index in [0.29, 0.717) is 25.2 Å². The number of hydrogen-bond donors (Lipinski definition) is 1. The van der Waals surface area contributed by atoms with Crippen molar-refractivity contribution in [3.8, 4) is 0 Å². The largest absolute Gasteiger partial charge is 0.349 e. The first kappa shape index (κ1) is 20.3. The van der Waals surface area contributed by atoms with Gasteiger partial charge in [0.25, 0.3) is 17.4 Å². The number of nitrogens with zero attached hydrogens (tertiary/aromatic N) is 4. The molecule has 2 aliphatic rings. The lowest BCUT2D eigenvalue weighted by Gasteiger charge is -2.40. The first-order valence-electron chi connectivity index (χ1n) is 10.5. The van der Waals surface area contributed by atoms with Gasteiger partial charge in [-0.05, 0) is 31.0 Å². The second kappa shape index (κ2) is 8.79. The highest BCUT2D eigenvalue weighted by Crippen LogP contribution is 2.26. The van der Waals surface area contributed by atoms with Crippen molar-refractivity contribution in [2.45, 2.75) is 38.4 Å². The van der Waals surface area contributed by atoms with Gasteiger partial charge in [0.05, 0.1) is 0 Å². The van der Waals surface area contributed by atoms with Crippen LogP contribution in [-0.4, -0.2) is 69.7 Å². The quantitative estimate of drug-likeness (QED) is 0.769. The molecule has 1 aromatic heterocycles. The standard InChI is InChI=1S/C22H27N5O3/c1-2-11-27-20(28)9-8-19(24-27)21(29)23-13-18-15-26(17-10-12-25(18)14-17)22(30)16-6-4-3-5-7-16/h3-9,17-18H,2,10-15H2,1H3,(H,23,29)/t17-,18+/m0/s1. The predicted molar refractivity (Wildman–Crippen MR) is 112 cm³/mol. The molecular formula is C22H27N5O3. The number of piperazine rings is 1. The van der Waals surface area contributed by atoms with E-state index in [-0.39, 0.29) is 35.2 Å². The fraction of sp³-hybridized carbons (Fsp3) is 0.455. The van der Waals surface area contributed by atoms with E-state index in [2.05, 4.69) is 15.3 Å². The van der Waals surface area contributed by atoms with Crippen LogP contribution in [0.3, 0.4) is 0 Å². The maximum Gasteiger partial charge on any atom is 0.271 e. The fourth-order valence-electron chi connectivity index (χ4n) is 4.28.